The minimum Gasteiger partial charge on any atom is -0.369 e. The molecule has 29 heavy (non-hydrogen) atoms. The zero-order valence-corrected chi connectivity index (χ0v) is 21.8. The highest BCUT2D eigenvalue weighted by atomic mass is 32.1. The van der Waals surface area contributed by atoms with Crippen molar-refractivity contribution in [3.8, 4) is 0 Å². The van der Waals surface area contributed by atoms with Crippen molar-refractivity contribution in [2.24, 2.45) is 27.4 Å². The molecule has 1 aromatic heterocycles. The summed E-state index contributed by atoms with van der Waals surface area (Å²) in [7, 11) is 0. The van der Waals surface area contributed by atoms with Crippen LogP contribution in [0.3, 0.4) is 0 Å². The van der Waals surface area contributed by atoms with Crippen LogP contribution in [0.1, 0.15) is 113 Å². The van der Waals surface area contributed by atoms with E-state index in [4.69, 9.17) is 10.7 Å². The predicted molar refractivity (Wildman–Crippen MR) is 127 cm³/mol. The van der Waals surface area contributed by atoms with Crippen LogP contribution in [-0.2, 0) is 16.6 Å². The molecule has 2 N–H and O–H groups in total. The molecule has 0 fully saturated rings. The van der Waals surface area contributed by atoms with Crippen molar-refractivity contribution in [1.29, 1.82) is 0 Å². The molecule has 3 nitrogen and oxygen atoms in total. The highest BCUT2D eigenvalue weighted by molar-refractivity contribution is 7.09. The minimum absolute atomic E-state index is 0.128. The minimum atomic E-state index is -0.535. The fraction of sp³-hybridized carbons (Fsp3) is 0.840. The Labute approximate surface area is 184 Å². The number of amides is 1. The van der Waals surface area contributed by atoms with Gasteiger partial charge in [-0.3, -0.25) is 4.79 Å². The molecule has 0 spiro atoms. The zero-order chi connectivity index (χ0) is 22.9. The van der Waals surface area contributed by atoms with Crippen molar-refractivity contribution >= 4 is 17.2 Å². The van der Waals surface area contributed by atoms with Crippen LogP contribution in [0.25, 0.3) is 0 Å². The molecule has 0 saturated heterocycles. The smallest absolute Gasteiger partial charge is 0.223 e. The molecule has 1 unspecified atom stereocenters. The predicted octanol–water partition coefficient (Wildman–Crippen LogP) is 7.13. The number of aromatic nitrogens is 1. The molecule has 0 aromatic carbocycles. The maximum Gasteiger partial charge on any atom is 0.223 e. The van der Waals surface area contributed by atoms with Gasteiger partial charge in [0.15, 0.2) is 0 Å². The molecule has 0 saturated carbocycles. The lowest BCUT2D eigenvalue weighted by Crippen LogP contribution is -2.38. The van der Waals surface area contributed by atoms with E-state index in [1.165, 1.54) is 18.5 Å². The van der Waals surface area contributed by atoms with Crippen LogP contribution in [0, 0.1) is 21.7 Å². The van der Waals surface area contributed by atoms with E-state index >= 15 is 0 Å². The standard InChI is InChI=1S/C25H46N2OS/c1-12-25(11,17-24(9,10)19(26)28)20-27-18(14-29-20)13-22(5,6)16-23(7,8)15-21(2,3)4/h14H,12-13,15-17H2,1-11H3,(H2,26,28). The first-order chi connectivity index (χ1) is 12.8. The summed E-state index contributed by atoms with van der Waals surface area (Å²) in [4.78, 5) is 16.9. The average Bonchev–Trinajstić information content (AvgIpc) is 2.90. The van der Waals surface area contributed by atoms with Crippen LogP contribution in [0.2, 0.25) is 0 Å². The van der Waals surface area contributed by atoms with Crippen LogP contribution in [-0.4, -0.2) is 10.9 Å². The number of thiazole rings is 1. The van der Waals surface area contributed by atoms with Crippen LogP contribution >= 0.6 is 11.3 Å². The summed E-state index contributed by atoms with van der Waals surface area (Å²) in [6.45, 7) is 24.8. The molecule has 168 valence electrons. The fourth-order valence-electron chi connectivity index (χ4n) is 5.43. The molecule has 1 amide bonds. The number of nitrogens with zero attached hydrogens (tertiary/aromatic N) is 1. The summed E-state index contributed by atoms with van der Waals surface area (Å²) in [6.07, 6.45) is 5.03. The maximum absolute atomic E-state index is 11.9. The van der Waals surface area contributed by atoms with Crippen molar-refractivity contribution < 1.29 is 4.79 Å². The first kappa shape index (κ1) is 26.1. The second-order valence-electron chi connectivity index (χ2n) is 12.9. The lowest BCUT2D eigenvalue weighted by Gasteiger charge is -2.38. The molecule has 0 bridgehead atoms. The summed E-state index contributed by atoms with van der Waals surface area (Å²) in [5, 5.41) is 3.35. The van der Waals surface area contributed by atoms with E-state index in [1.807, 2.05) is 13.8 Å². The second kappa shape index (κ2) is 8.69. The molecule has 1 rings (SSSR count). The molecule has 1 atom stereocenters. The van der Waals surface area contributed by atoms with Crippen molar-refractivity contribution in [3.05, 3.63) is 16.1 Å². The van der Waals surface area contributed by atoms with Gasteiger partial charge in [-0.15, -0.1) is 11.3 Å². The van der Waals surface area contributed by atoms with E-state index in [1.54, 1.807) is 11.3 Å². The van der Waals surface area contributed by atoms with Gasteiger partial charge in [0.2, 0.25) is 5.91 Å². The number of rotatable bonds is 10. The van der Waals surface area contributed by atoms with Gasteiger partial charge in [0.05, 0.1) is 10.7 Å². The molecule has 0 radical (unpaired) electrons. The summed E-state index contributed by atoms with van der Waals surface area (Å²) in [5.41, 5.74) is 6.98. The van der Waals surface area contributed by atoms with E-state index in [9.17, 15) is 4.79 Å². The summed E-state index contributed by atoms with van der Waals surface area (Å²) in [6, 6.07) is 0. The zero-order valence-electron chi connectivity index (χ0n) is 21.0. The topological polar surface area (TPSA) is 56.0 Å². The van der Waals surface area contributed by atoms with Gasteiger partial charge >= 0.3 is 0 Å². The van der Waals surface area contributed by atoms with Crippen LogP contribution in [0.4, 0.5) is 0 Å². The molecule has 4 heteroatoms. The van der Waals surface area contributed by atoms with E-state index in [2.05, 4.69) is 67.7 Å². The third-order valence-corrected chi connectivity index (χ3v) is 7.17. The second-order valence-corrected chi connectivity index (χ2v) is 13.8. The molecule has 1 heterocycles. The normalized spacial score (nSPS) is 16.0. The van der Waals surface area contributed by atoms with Gasteiger partial charge in [-0.05, 0) is 48.3 Å². The number of carbonyl (C=O) groups is 1. The third kappa shape index (κ3) is 8.03. The van der Waals surface area contributed by atoms with Gasteiger partial charge < -0.3 is 5.73 Å². The summed E-state index contributed by atoms with van der Waals surface area (Å²) in [5.74, 6) is -0.240. The molecule has 0 aliphatic rings. The van der Waals surface area contributed by atoms with Crippen LogP contribution < -0.4 is 5.73 Å². The first-order valence-corrected chi connectivity index (χ1v) is 11.9. The molecular formula is C25H46N2OS. The van der Waals surface area contributed by atoms with Crippen LogP contribution in [0.15, 0.2) is 5.38 Å². The van der Waals surface area contributed by atoms with Gasteiger partial charge in [0.25, 0.3) is 0 Å². The monoisotopic (exact) mass is 422 g/mol. The summed E-state index contributed by atoms with van der Waals surface area (Å²) >= 11 is 1.74. The van der Waals surface area contributed by atoms with E-state index in [-0.39, 0.29) is 16.7 Å². The van der Waals surface area contributed by atoms with Gasteiger partial charge in [-0.25, -0.2) is 4.98 Å². The lowest BCUT2D eigenvalue weighted by atomic mass is 9.67. The maximum atomic E-state index is 11.9. The molecule has 0 aliphatic carbocycles. The molecule has 0 aliphatic heterocycles. The quantitative estimate of drug-likeness (QED) is 0.436. The Bertz CT molecular complexity index is 694. The number of hydrogen-bond acceptors (Lipinski definition) is 3. The van der Waals surface area contributed by atoms with Crippen molar-refractivity contribution in [3.63, 3.8) is 0 Å². The third-order valence-electron chi connectivity index (χ3n) is 5.97. The van der Waals surface area contributed by atoms with E-state index in [0.717, 1.165) is 24.3 Å². The Balaban J connectivity index is 2.98. The SMILES string of the molecule is CCC(C)(CC(C)(C)C(N)=O)c1nc(CC(C)(C)CC(C)(C)CC(C)(C)C)cs1. The Morgan fingerprint density at radius 2 is 1.48 bits per heavy atom. The van der Waals surface area contributed by atoms with Gasteiger partial charge in [-0.1, -0.05) is 76.2 Å². The van der Waals surface area contributed by atoms with E-state index in [0.29, 0.717) is 10.8 Å². The molecular weight excluding hydrogens is 376 g/mol. The van der Waals surface area contributed by atoms with Gasteiger partial charge in [0.1, 0.15) is 0 Å². The lowest BCUT2D eigenvalue weighted by molar-refractivity contribution is -0.127. The highest BCUT2D eigenvalue weighted by Crippen LogP contribution is 2.44. The Kier molecular flexibility index (Phi) is 7.83. The van der Waals surface area contributed by atoms with Crippen molar-refractivity contribution in [2.45, 2.75) is 114 Å². The number of primary amides is 1. The Morgan fingerprint density at radius 3 is 1.93 bits per heavy atom. The first-order valence-electron chi connectivity index (χ1n) is 11.1. The Morgan fingerprint density at radius 1 is 0.931 bits per heavy atom. The average molecular weight is 423 g/mol. The largest absolute Gasteiger partial charge is 0.369 e. The van der Waals surface area contributed by atoms with Crippen LogP contribution in [0.5, 0.6) is 0 Å². The Hall–Kier alpha value is -0.900. The van der Waals surface area contributed by atoms with Gasteiger partial charge in [-0.2, -0.15) is 0 Å². The van der Waals surface area contributed by atoms with Crippen molar-refractivity contribution in [2.75, 3.05) is 0 Å². The molecule has 1 aromatic rings. The van der Waals surface area contributed by atoms with Gasteiger partial charge in [0, 0.05) is 16.2 Å². The summed E-state index contributed by atoms with van der Waals surface area (Å²) < 4.78 is 0. The fourth-order valence-corrected chi connectivity index (χ4v) is 6.48. The number of hydrogen-bond donors (Lipinski definition) is 1. The number of nitrogens with two attached hydrogens (primary N) is 1. The highest BCUT2D eigenvalue weighted by Gasteiger charge is 2.38. The van der Waals surface area contributed by atoms with Crippen molar-refractivity contribution in [1.82, 2.24) is 4.98 Å². The van der Waals surface area contributed by atoms with E-state index < -0.39 is 5.41 Å². The number of carbonyl (C=O) groups excluding carboxylic acids is 1.